The van der Waals surface area contributed by atoms with Crippen molar-refractivity contribution in [3.8, 4) is 0 Å². The highest BCUT2D eigenvalue weighted by molar-refractivity contribution is 7.94. The number of aryl methyl sites for hydroxylation is 3. The monoisotopic (exact) mass is 383 g/mol. The number of hydrogen-bond acceptors (Lipinski definition) is 3. The van der Waals surface area contributed by atoms with Crippen LogP contribution in [0.3, 0.4) is 0 Å². The summed E-state index contributed by atoms with van der Waals surface area (Å²) in [5.41, 5.74) is 4.19. The molecule has 5 heteroatoms. The smallest absolute Gasteiger partial charge is 0.227 e. The van der Waals surface area contributed by atoms with Gasteiger partial charge in [-0.05, 0) is 61.6 Å². The average Bonchev–Trinajstić information content (AvgIpc) is 2.98. The summed E-state index contributed by atoms with van der Waals surface area (Å²) in [5, 5.41) is 1.23. The fraction of sp³-hybridized carbons (Fsp3) is 0.318. The van der Waals surface area contributed by atoms with Gasteiger partial charge in [0.1, 0.15) is 0 Å². The molecule has 0 bridgehead atoms. The number of carbonyl (C=O) groups is 1. The van der Waals surface area contributed by atoms with E-state index in [1.54, 1.807) is 11.0 Å². The van der Waals surface area contributed by atoms with E-state index >= 15 is 0 Å². The minimum Gasteiger partial charge on any atom is -0.304 e. The van der Waals surface area contributed by atoms with Crippen LogP contribution in [0.1, 0.15) is 29.5 Å². The molecule has 1 unspecified atom stereocenters. The lowest BCUT2D eigenvalue weighted by Crippen LogP contribution is -2.41. The molecule has 1 atom stereocenters. The number of rotatable bonds is 6. The average molecular weight is 384 g/mol. The number of sulfone groups is 1. The molecule has 0 saturated carbocycles. The van der Waals surface area contributed by atoms with Gasteiger partial charge in [0.2, 0.25) is 5.91 Å². The summed E-state index contributed by atoms with van der Waals surface area (Å²) in [7, 11) is -3.24. The first-order valence-corrected chi connectivity index (χ1v) is 10.9. The molecule has 0 saturated heterocycles. The van der Waals surface area contributed by atoms with Gasteiger partial charge in [0.15, 0.2) is 9.84 Å². The van der Waals surface area contributed by atoms with Gasteiger partial charge in [0, 0.05) is 17.5 Å². The number of nitrogens with zero attached hydrogens (tertiary/aromatic N) is 1. The predicted octanol–water partition coefficient (Wildman–Crippen LogP) is 3.97. The van der Waals surface area contributed by atoms with Gasteiger partial charge in [-0.25, -0.2) is 8.42 Å². The molecule has 2 aromatic carbocycles. The predicted molar refractivity (Wildman–Crippen MR) is 109 cm³/mol. The zero-order valence-corrected chi connectivity index (χ0v) is 16.6. The molecule has 1 amide bonds. The van der Waals surface area contributed by atoms with E-state index in [9.17, 15) is 13.2 Å². The van der Waals surface area contributed by atoms with E-state index < -0.39 is 15.9 Å². The molecule has 27 heavy (non-hydrogen) atoms. The van der Waals surface area contributed by atoms with Gasteiger partial charge >= 0.3 is 0 Å². The van der Waals surface area contributed by atoms with Gasteiger partial charge in [0.25, 0.3) is 0 Å². The van der Waals surface area contributed by atoms with Crippen molar-refractivity contribution in [3.63, 3.8) is 0 Å². The number of hydrogen-bond donors (Lipinski definition) is 0. The van der Waals surface area contributed by atoms with Crippen molar-refractivity contribution in [2.24, 2.45) is 0 Å². The minimum atomic E-state index is -3.24. The standard InChI is InChI=1S/C22H25NO3S/c1-17-11-12-20(15-18(17)2)23(21-13-14-27(25,26)16-21)22(24)10-6-9-19-7-4-3-5-8-19/h3-5,7-8,11-15,21H,6,9-10,16H2,1-2H3. The zero-order chi connectivity index (χ0) is 19.4. The van der Waals surface area contributed by atoms with E-state index in [2.05, 4.69) is 12.1 Å². The van der Waals surface area contributed by atoms with Gasteiger partial charge < -0.3 is 4.90 Å². The second-order valence-corrected chi connectivity index (χ2v) is 9.03. The lowest BCUT2D eigenvalue weighted by molar-refractivity contribution is -0.118. The van der Waals surface area contributed by atoms with Crippen LogP contribution in [-0.4, -0.2) is 26.1 Å². The molecule has 0 radical (unpaired) electrons. The summed E-state index contributed by atoms with van der Waals surface area (Å²) in [6.45, 7) is 4.02. The molecule has 0 spiro atoms. The maximum Gasteiger partial charge on any atom is 0.227 e. The number of benzene rings is 2. The zero-order valence-electron chi connectivity index (χ0n) is 15.8. The second-order valence-electron chi connectivity index (χ2n) is 7.10. The van der Waals surface area contributed by atoms with Crippen molar-refractivity contribution in [1.29, 1.82) is 0 Å². The first-order valence-electron chi connectivity index (χ1n) is 9.20. The third kappa shape index (κ3) is 4.86. The first-order chi connectivity index (χ1) is 12.9. The summed E-state index contributed by atoms with van der Waals surface area (Å²) in [5.74, 6) is -0.0920. The molecule has 142 valence electrons. The first kappa shape index (κ1) is 19.4. The van der Waals surface area contributed by atoms with Crippen molar-refractivity contribution in [2.45, 2.75) is 39.2 Å². The lowest BCUT2D eigenvalue weighted by atomic mass is 10.1. The van der Waals surface area contributed by atoms with E-state index in [0.717, 1.165) is 29.7 Å². The minimum absolute atomic E-state index is 0.0408. The maximum absolute atomic E-state index is 13.0. The Bertz CT molecular complexity index is 949. The fourth-order valence-electron chi connectivity index (χ4n) is 3.32. The molecular formula is C22H25NO3S. The van der Waals surface area contributed by atoms with E-state index in [1.807, 2.05) is 50.2 Å². The number of amides is 1. The summed E-state index contributed by atoms with van der Waals surface area (Å²) in [6.07, 6.45) is 3.56. The van der Waals surface area contributed by atoms with Crippen LogP contribution >= 0.6 is 0 Å². The van der Waals surface area contributed by atoms with Gasteiger partial charge in [0.05, 0.1) is 11.8 Å². The Morgan fingerprint density at radius 2 is 1.81 bits per heavy atom. The molecule has 4 nitrogen and oxygen atoms in total. The number of anilines is 1. The van der Waals surface area contributed by atoms with Crippen LogP contribution in [0.15, 0.2) is 60.0 Å². The van der Waals surface area contributed by atoms with Crippen molar-refractivity contribution in [1.82, 2.24) is 0 Å². The van der Waals surface area contributed by atoms with Crippen LogP contribution in [0.2, 0.25) is 0 Å². The fourth-order valence-corrected chi connectivity index (χ4v) is 4.59. The Kier molecular flexibility index (Phi) is 5.80. The Morgan fingerprint density at radius 1 is 1.07 bits per heavy atom. The van der Waals surface area contributed by atoms with E-state index in [4.69, 9.17) is 0 Å². The van der Waals surface area contributed by atoms with Gasteiger partial charge in [-0.15, -0.1) is 0 Å². The molecule has 0 aliphatic carbocycles. The van der Waals surface area contributed by atoms with Crippen LogP contribution < -0.4 is 4.90 Å². The molecule has 1 aliphatic heterocycles. The van der Waals surface area contributed by atoms with E-state index in [1.165, 1.54) is 11.0 Å². The molecule has 1 heterocycles. The highest BCUT2D eigenvalue weighted by Crippen LogP contribution is 2.26. The Morgan fingerprint density at radius 3 is 2.44 bits per heavy atom. The van der Waals surface area contributed by atoms with Crippen LogP contribution in [0.5, 0.6) is 0 Å². The van der Waals surface area contributed by atoms with E-state index in [0.29, 0.717) is 6.42 Å². The van der Waals surface area contributed by atoms with Crippen molar-refractivity contribution in [2.75, 3.05) is 10.7 Å². The Balaban J connectivity index is 1.77. The molecule has 3 rings (SSSR count). The van der Waals surface area contributed by atoms with Crippen LogP contribution in [-0.2, 0) is 21.1 Å². The van der Waals surface area contributed by atoms with E-state index in [-0.39, 0.29) is 11.7 Å². The molecule has 2 aromatic rings. The van der Waals surface area contributed by atoms with Gasteiger partial charge in [-0.3, -0.25) is 4.79 Å². The molecule has 0 fully saturated rings. The summed E-state index contributed by atoms with van der Waals surface area (Å²) < 4.78 is 23.8. The normalized spacial score (nSPS) is 17.8. The molecule has 1 aliphatic rings. The second kappa shape index (κ2) is 8.09. The Hall–Kier alpha value is -2.40. The van der Waals surface area contributed by atoms with Crippen LogP contribution in [0.4, 0.5) is 5.69 Å². The molecule has 0 aromatic heterocycles. The van der Waals surface area contributed by atoms with Gasteiger partial charge in [-0.1, -0.05) is 36.4 Å². The third-order valence-corrected chi connectivity index (χ3v) is 6.36. The third-order valence-electron chi connectivity index (χ3n) is 4.98. The van der Waals surface area contributed by atoms with Crippen molar-refractivity contribution >= 4 is 21.4 Å². The highest BCUT2D eigenvalue weighted by atomic mass is 32.2. The SMILES string of the molecule is Cc1ccc(N(C(=O)CCCc2ccccc2)C2C=CS(=O)(=O)C2)cc1C. The Labute approximate surface area is 161 Å². The van der Waals surface area contributed by atoms with Crippen molar-refractivity contribution < 1.29 is 13.2 Å². The molecular weight excluding hydrogens is 358 g/mol. The summed E-state index contributed by atoms with van der Waals surface area (Å²) in [4.78, 5) is 14.7. The van der Waals surface area contributed by atoms with Crippen molar-refractivity contribution in [3.05, 3.63) is 76.7 Å². The topological polar surface area (TPSA) is 54.5 Å². The van der Waals surface area contributed by atoms with Gasteiger partial charge in [-0.2, -0.15) is 0 Å². The maximum atomic E-state index is 13.0. The summed E-state index contributed by atoms with van der Waals surface area (Å²) >= 11 is 0. The van der Waals surface area contributed by atoms with Crippen LogP contribution in [0, 0.1) is 13.8 Å². The number of carbonyl (C=O) groups excluding carboxylic acids is 1. The highest BCUT2D eigenvalue weighted by Gasteiger charge is 2.31. The quantitative estimate of drug-likeness (QED) is 0.758. The van der Waals surface area contributed by atoms with Crippen LogP contribution in [0.25, 0.3) is 0 Å². The molecule has 0 N–H and O–H groups in total. The summed E-state index contributed by atoms with van der Waals surface area (Å²) in [6, 6.07) is 15.5. The lowest BCUT2D eigenvalue weighted by Gasteiger charge is -2.28. The largest absolute Gasteiger partial charge is 0.304 e.